The van der Waals surface area contributed by atoms with Crippen LogP contribution in [0.15, 0.2) is 24.3 Å². The highest BCUT2D eigenvalue weighted by atomic mass is 16.6. The Morgan fingerprint density at radius 2 is 1.86 bits per heavy atom. The fourth-order valence-electron chi connectivity index (χ4n) is 6.95. The molecule has 3 aliphatic rings. The quantitative estimate of drug-likeness (QED) is 0.0952. The molecular formula is C37H62N2O11. The zero-order chi connectivity index (χ0) is 37.2. The second-order valence-corrected chi connectivity index (χ2v) is 15.0. The van der Waals surface area contributed by atoms with Crippen LogP contribution in [0.4, 0.5) is 4.79 Å². The molecule has 3 aliphatic heterocycles. The number of esters is 2. The van der Waals surface area contributed by atoms with Crippen molar-refractivity contribution in [3.05, 3.63) is 24.3 Å². The summed E-state index contributed by atoms with van der Waals surface area (Å²) in [5, 5.41) is 41.3. The number of piperazine rings is 1. The number of cyclic esters (lactones) is 1. The number of carbonyl (C=O) groups excluding carboxylic acids is 3. The number of aliphatic hydroxyl groups is 4. The third-order valence-corrected chi connectivity index (χ3v) is 10.3. The Labute approximate surface area is 297 Å². The number of amides is 1. The van der Waals surface area contributed by atoms with Gasteiger partial charge in [-0.3, -0.25) is 14.5 Å². The molecule has 4 N–H and O–H groups in total. The van der Waals surface area contributed by atoms with Crippen LogP contribution in [0.25, 0.3) is 0 Å². The van der Waals surface area contributed by atoms with Crippen molar-refractivity contribution in [2.75, 3.05) is 39.3 Å². The Kier molecular flexibility index (Phi) is 15.7. The number of nitrogens with zero attached hydrogens (tertiary/aromatic N) is 2. The maximum atomic E-state index is 13.4. The molecule has 0 aromatic rings. The second kappa shape index (κ2) is 18.8. The van der Waals surface area contributed by atoms with Crippen molar-refractivity contribution in [3.8, 4) is 0 Å². The molecule has 50 heavy (non-hydrogen) atoms. The van der Waals surface area contributed by atoms with Gasteiger partial charge in [0, 0.05) is 57.9 Å². The maximum absolute atomic E-state index is 13.4. The molecule has 0 aliphatic carbocycles. The summed E-state index contributed by atoms with van der Waals surface area (Å²) in [6.07, 6.45) is 4.60. The average molecular weight is 711 g/mol. The number of β-amino-alcohol motifs (C(OH)–C–C–N with tert-alkyl or cyclic N) is 1. The van der Waals surface area contributed by atoms with Gasteiger partial charge in [-0.1, -0.05) is 45.9 Å². The molecule has 0 aromatic carbocycles. The molecule has 13 nitrogen and oxygen atoms in total. The van der Waals surface area contributed by atoms with Crippen LogP contribution in [0.3, 0.4) is 0 Å². The summed E-state index contributed by atoms with van der Waals surface area (Å²) in [6.45, 7) is 14.9. The standard InChI is InChI=1S/C37H62N2O11/c1-8-29(43)26(4)34-30(48-34)23-36(6,46)14-9-10-24(2)33-25(3)11-12-31(47-27(5)41)37(7,15-13-28(42)22-32(44)49-33)50-35(45)39-18-16-38(17-19-39)20-21-40/h9,11-12,14,24-26,28-31,33-34,40,42-43,46H,8,10,13,15-23H2,1-7H3/b12-11?,14-9+/t24-,25?,26+,28?,29-,30+,31?,33?,34+,36?,37?/m0/s1. The number of allylic oxidation sites excluding steroid dienone is 1. The first-order chi connectivity index (χ1) is 23.5. The minimum atomic E-state index is -1.35. The number of ether oxygens (including phenoxy) is 4. The first-order valence-electron chi connectivity index (χ1n) is 18.3. The van der Waals surface area contributed by atoms with E-state index in [0.717, 1.165) is 0 Å². The SMILES string of the molecule is CC[C@H](O)[C@@H](C)[C@H]1O[C@@H]1CC(C)(O)/C=C/C[C@H](C)C1OC(=O)CC(O)CCC(C)(OC(=O)N2CCN(CCO)CC2)C(OC(C)=O)C=CC1C. The number of epoxide rings is 1. The average Bonchev–Trinajstić information content (AvgIpc) is 3.81. The zero-order valence-corrected chi connectivity index (χ0v) is 31.0. The third-order valence-electron chi connectivity index (χ3n) is 10.3. The largest absolute Gasteiger partial charge is 0.461 e. The monoisotopic (exact) mass is 710 g/mol. The normalized spacial score (nSPS) is 32.9. The molecule has 11 atom stereocenters. The van der Waals surface area contributed by atoms with Crippen LogP contribution in [0.2, 0.25) is 0 Å². The lowest BCUT2D eigenvalue weighted by atomic mass is 9.86. The van der Waals surface area contributed by atoms with Crippen molar-refractivity contribution < 1.29 is 53.8 Å². The number of carbonyl (C=O) groups is 3. The van der Waals surface area contributed by atoms with Crippen LogP contribution in [-0.2, 0) is 28.5 Å². The van der Waals surface area contributed by atoms with E-state index in [0.29, 0.717) is 52.0 Å². The van der Waals surface area contributed by atoms with Crippen molar-refractivity contribution in [1.29, 1.82) is 0 Å². The lowest BCUT2D eigenvalue weighted by Gasteiger charge is -2.40. The van der Waals surface area contributed by atoms with E-state index in [1.54, 1.807) is 37.0 Å². The summed E-state index contributed by atoms with van der Waals surface area (Å²) in [5.74, 6) is -1.69. The molecule has 2 saturated heterocycles. The third kappa shape index (κ3) is 12.6. The van der Waals surface area contributed by atoms with Crippen molar-refractivity contribution in [2.24, 2.45) is 17.8 Å². The molecule has 2 fully saturated rings. The van der Waals surface area contributed by atoms with Gasteiger partial charge in [0.15, 0.2) is 11.7 Å². The predicted molar refractivity (Wildman–Crippen MR) is 186 cm³/mol. The summed E-state index contributed by atoms with van der Waals surface area (Å²) < 4.78 is 23.5. The molecule has 0 aromatic heterocycles. The fraction of sp³-hybridized carbons (Fsp3) is 0.811. The number of rotatable bonds is 13. The van der Waals surface area contributed by atoms with Crippen LogP contribution in [0, 0.1) is 17.8 Å². The van der Waals surface area contributed by atoms with E-state index in [4.69, 9.17) is 18.9 Å². The van der Waals surface area contributed by atoms with Gasteiger partial charge in [0.2, 0.25) is 0 Å². The molecule has 0 spiro atoms. The van der Waals surface area contributed by atoms with Crippen LogP contribution < -0.4 is 0 Å². The molecule has 13 heteroatoms. The predicted octanol–water partition coefficient (Wildman–Crippen LogP) is 2.97. The Morgan fingerprint density at radius 3 is 2.48 bits per heavy atom. The van der Waals surface area contributed by atoms with Gasteiger partial charge < -0.3 is 44.3 Å². The topological polar surface area (TPSA) is 179 Å². The molecule has 1 amide bonds. The van der Waals surface area contributed by atoms with Crippen LogP contribution >= 0.6 is 0 Å². The lowest BCUT2D eigenvalue weighted by molar-refractivity contribution is -0.159. The molecule has 3 heterocycles. The first kappa shape index (κ1) is 41.9. The van der Waals surface area contributed by atoms with E-state index >= 15 is 0 Å². The molecule has 286 valence electrons. The summed E-state index contributed by atoms with van der Waals surface area (Å²) in [7, 11) is 0. The Bertz CT molecular complexity index is 1170. The van der Waals surface area contributed by atoms with E-state index in [2.05, 4.69) is 4.90 Å². The minimum Gasteiger partial charge on any atom is -0.461 e. The van der Waals surface area contributed by atoms with Gasteiger partial charge in [0.05, 0.1) is 43.0 Å². The lowest BCUT2D eigenvalue weighted by Crippen LogP contribution is -2.53. The Hall–Kier alpha value is -2.55. The number of hydrogen-bond donors (Lipinski definition) is 4. The van der Waals surface area contributed by atoms with Gasteiger partial charge in [-0.05, 0) is 51.5 Å². The fourth-order valence-corrected chi connectivity index (χ4v) is 6.95. The smallest absolute Gasteiger partial charge is 0.410 e. The van der Waals surface area contributed by atoms with Gasteiger partial charge >= 0.3 is 18.0 Å². The van der Waals surface area contributed by atoms with E-state index in [1.165, 1.54) is 6.92 Å². The molecule has 6 unspecified atom stereocenters. The highest BCUT2D eigenvalue weighted by Crippen LogP contribution is 2.38. The van der Waals surface area contributed by atoms with Crippen LogP contribution in [0.1, 0.15) is 87.0 Å². The van der Waals surface area contributed by atoms with Gasteiger partial charge in [0.25, 0.3) is 0 Å². The first-order valence-corrected chi connectivity index (χ1v) is 18.3. The van der Waals surface area contributed by atoms with Crippen molar-refractivity contribution in [1.82, 2.24) is 9.80 Å². The summed E-state index contributed by atoms with van der Waals surface area (Å²) in [4.78, 5) is 42.4. The molecule has 3 rings (SSSR count). The minimum absolute atomic E-state index is 0.0158. The highest BCUT2D eigenvalue weighted by Gasteiger charge is 2.47. The van der Waals surface area contributed by atoms with Crippen molar-refractivity contribution >= 4 is 18.0 Å². The Morgan fingerprint density at radius 1 is 1.18 bits per heavy atom. The van der Waals surface area contributed by atoms with E-state index in [-0.39, 0.29) is 55.8 Å². The second-order valence-electron chi connectivity index (χ2n) is 15.0. The van der Waals surface area contributed by atoms with E-state index in [9.17, 15) is 34.8 Å². The van der Waals surface area contributed by atoms with Crippen molar-refractivity contribution in [3.63, 3.8) is 0 Å². The van der Waals surface area contributed by atoms with Gasteiger partial charge in [-0.15, -0.1) is 0 Å². The maximum Gasteiger partial charge on any atom is 0.410 e. The zero-order valence-electron chi connectivity index (χ0n) is 31.0. The van der Waals surface area contributed by atoms with E-state index < -0.39 is 53.6 Å². The molecule has 0 radical (unpaired) electrons. The van der Waals surface area contributed by atoms with Crippen LogP contribution in [-0.4, -0.2) is 135 Å². The summed E-state index contributed by atoms with van der Waals surface area (Å²) in [5.41, 5.74) is -2.49. The number of hydrogen-bond acceptors (Lipinski definition) is 12. The van der Waals surface area contributed by atoms with Gasteiger partial charge in [-0.25, -0.2) is 4.79 Å². The van der Waals surface area contributed by atoms with Crippen molar-refractivity contribution in [2.45, 2.75) is 135 Å². The molecule has 0 bridgehead atoms. The van der Waals surface area contributed by atoms with Gasteiger partial charge in [-0.2, -0.15) is 0 Å². The molecule has 0 saturated carbocycles. The highest BCUT2D eigenvalue weighted by molar-refractivity contribution is 5.70. The van der Waals surface area contributed by atoms with Gasteiger partial charge in [0.1, 0.15) is 6.10 Å². The summed E-state index contributed by atoms with van der Waals surface area (Å²) >= 11 is 0. The Balaban J connectivity index is 1.74. The van der Waals surface area contributed by atoms with E-state index in [1.807, 2.05) is 33.8 Å². The number of aliphatic hydroxyl groups excluding tert-OH is 3. The van der Waals surface area contributed by atoms with Crippen LogP contribution in [0.5, 0.6) is 0 Å². The molecular weight excluding hydrogens is 648 g/mol. The summed E-state index contributed by atoms with van der Waals surface area (Å²) in [6, 6.07) is 0.